The van der Waals surface area contributed by atoms with Crippen molar-refractivity contribution in [1.82, 2.24) is 10.6 Å². The number of carbonyl (C=O) groups is 2. The maximum Gasteiger partial charge on any atom is 0.251 e. The summed E-state index contributed by atoms with van der Waals surface area (Å²) >= 11 is 3.34. The molecule has 24 heavy (non-hydrogen) atoms. The van der Waals surface area contributed by atoms with Gasteiger partial charge >= 0.3 is 0 Å². The molecule has 7 heteroatoms. The van der Waals surface area contributed by atoms with Gasteiger partial charge in [-0.25, -0.2) is 0 Å². The van der Waals surface area contributed by atoms with E-state index in [0.29, 0.717) is 18.7 Å². The normalized spacial score (nSPS) is 23.0. The van der Waals surface area contributed by atoms with Gasteiger partial charge in [-0.3, -0.25) is 9.59 Å². The van der Waals surface area contributed by atoms with Gasteiger partial charge in [-0.05, 0) is 38.0 Å². The van der Waals surface area contributed by atoms with E-state index < -0.39 is 5.54 Å². The average Bonchev–Trinajstić information content (AvgIpc) is 2.50. The summed E-state index contributed by atoms with van der Waals surface area (Å²) in [6.45, 7) is 2.75. The van der Waals surface area contributed by atoms with Gasteiger partial charge in [0.2, 0.25) is 5.91 Å². The van der Waals surface area contributed by atoms with Gasteiger partial charge in [0.05, 0.1) is 5.92 Å². The van der Waals surface area contributed by atoms with Gasteiger partial charge in [0, 0.05) is 28.7 Å². The fourth-order valence-electron chi connectivity index (χ4n) is 3.01. The third-order valence-corrected chi connectivity index (χ3v) is 4.86. The molecule has 2 rings (SSSR count). The lowest BCUT2D eigenvalue weighted by Crippen LogP contribution is -2.53. The molecule has 4 N–H and O–H groups in total. The molecule has 2 atom stereocenters. The fourth-order valence-corrected chi connectivity index (χ4v) is 3.40. The summed E-state index contributed by atoms with van der Waals surface area (Å²) in [6, 6.07) is 7.19. The van der Waals surface area contributed by atoms with Crippen molar-refractivity contribution in [2.24, 2.45) is 11.7 Å². The van der Waals surface area contributed by atoms with Crippen LogP contribution in [0.1, 0.15) is 43.0 Å². The first-order valence-corrected chi connectivity index (χ1v) is 8.80. The number of nitrogens with two attached hydrogens (primary N) is 1. The van der Waals surface area contributed by atoms with Crippen LogP contribution < -0.4 is 16.4 Å². The van der Waals surface area contributed by atoms with Crippen LogP contribution in [-0.2, 0) is 4.79 Å². The smallest absolute Gasteiger partial charge is 0.251 e. The highest BCUT2D eigenvalue weighted by molar-refractivity contribution is 9.10. The minimum atomic E-state index is -0.429. The predicted molar refractivity (Wildman–Crippen MR) is 101 cm³/mol. The van der Waals surface area contributed by atoms with E-state index >= 15 is 0 Å². The number of rotatable bonds is 5. The highest BCUT2D eigenvalue weighted by Gasteiger charge is 2.37. The van der Waals surface area contributed by atoms with E-state index in [9.17, 15) is 9.59 Å². The minimum Gasteiger partial charge on any atom is -0.354 e. The summed E-state index contributed by atoms with van der Waals surface area (Å²) < 4.78 is 0.859. The van der Waals surface area contributed by atoms with Crippen molar-refractivity contribution in [3.05, 3.63) is 34.3 Å². The summed E-state index contributed by atoms with van der Waals surface area (Å²) in [5.41, 5.74) is 6.39. The second-order valence-electron chi connectivity index (χ2n) is 6.36. The number of halogens is 2. The van der Waals surface area contributed by atoms with Crippen LogP contribution in [0, 0.1) is 5.92 Å². The Hall–Kier alpha value is -1.11. The summed E-state index contributed by atoms with van der Waals surface area (Å²) in [5, 5.41) is 5.68. The van der Waals surface area contributed by atoms with Gasteiger partial charge in [-0.15, -0.1) is 12.4 Å². The number of nitrogens with one attached hydrogen (secondary N) is 2. The Bertz CT molecular complexity index is 581. The van der Waals surface area contributed by atoms with Crippen LogP contribution in [-0.4, -0.2) is 30.4 Å². The summed E-state index contributed by atoms with van der Waals surface area (Å²) in [5.74, 6) is -0.301. The molecular formula is C17H25BrClN3O2. The maximum absolute atomic E-state index is 12.3. The van der Waals surface area contributed by atoms with E-state index in [-0.39, 0.29) is 30.1 Å². The van der Waals surface area contributed by atoms with Gasteiger partial charge in [-0.1, -0.05) is 34.8 Å². The van der Waals surface area contributed by atoms with Crippen LogP contribution in [0.25, 0.3) is 0 Å². The molecule has 2 amide bonds. The summed E-state index contributed by atoms with van der Waals surface area (Å²) in [7, 11) is 0. The Balaban J connectivity index is 0.00000288. The van der Waals surface area contributed by atoms with Crippen molar-refractivity contribution in [3.8, 4) is 0 Å². The first kappa shape index (κ1) is 20.9. The van der Waals surface area contributed by atoms with E-state index in [4.69, 9.17) is 5.73 Å². The van der Waals surface area contributed by atoms with E-state index in [1.807, 2.05) is 19.1 Å². The maximum atomic E-state index is 12.3. The number of hydrogen-bond donors (Lipinski definition) is 3. The topological polar surface area (TPSA) is 84.2 Å². The van der Waals surface area contributed by atoms with E-state index in [1.165, 1.54) is 0 Å². The van der Waals surface area contributed by atoms with Gasteiger partial charge in [0.25, 0.3) is 5.91 Å². The van der Waals surface area contributed by atoms with Crippen molar-refractivity contribution in [2.45, 2.75) is 38.1 Å². The molecule has 0 aromatic heterocycles. The van der Waals surface area contributed by atoms with Gasteiger partial charge < -0.3 is 16.4 Å². The number of amides is 2. The van der Waals surface area contributed by atoms with Crippen molar-refractivity contribution >= 4 is 40.2 Å². The molecule has 1 aromatic carbocycles. The first-order chi connectivity index (χ1) is 10.9. The fraction of sp³-hybridized carbons (Fsp3) is 0.529. The lowest BCUT2D eigenvalue weighted by molar-refractivity contribution is -0.128. The molecule has 1 aliphatic carbocycles. The molecule has 0 heterocycles. The van der Waals surface area contributed by atoms with Crippen LogP contribution in [0.4, 0.5) is 0 Å². The zero-order valence-electron chi connectivity index (χ0n) is 13.8. The van der Waals surface area contributed by atoms with Crippen molar-refractivity contribution in [2.75, 3.05) is 13.1 Å². The van der Waals surface area contributed by atoms with Crippen LogP contribution in [0.3, 0.4) is 0 Å². The Morgan fingerprint density at radius 1 is 1.29 bits per heavy atom. The van der Waals surface area contributed by atoms with Gasteiger partial charge in [-0.2, -0.15) is 0 Å². The molecular weight excluding hydrogens is 394 g/mol. The molecule has 2 unspecified atom stereocenters. The third kappa shape index (κ3) is 5.76. The lowest BCUT2D eigenvalue weighted by Gasteiger charge is -2.37. The van der Waals surface area contributed by atoms with E-state index in [1.54, 1.807) is 12.1 Å². The van der Waals surface area contributed by atoms with E-state index in [2.05, 4.69) is 26.6 Å². The van der Waals surface area contributed by atoms with Crippen LogP contribution in [0.5, 0.6) is 0 Å². The molecule has 1 saturated carbocycles. The Kier molecular flexibility index (Phi) is 8.19. The van der Waals surface area contributed by atoms with Crippen LogP contribution >= 0.6 is 28.3 Å². The molecule has 0 bridgehead atoms. The zero-order valence-corrected chi connectivity index (χ0v) is 16.2. The largest absolute Gasteiger partial charge is 0.354 e. The molecule has 0 saturated heterocycles. The second-order valence-corrected chi connectivity index (χ2v) is 7.28. The van der Waals surface area contributed by atoms with Crippen LogP contribution in [0.15, 0.2) is 28.7 Å². The van der Waals surface area contributed by atoms with E-state index in [0.717, 1.165) is 30.2 Å². The van der Waals surface area contributed by atoms with Gasteiger partial charge in [0.1, 0.15) is 0 Å². The van der Waals surface area contributed by atoms with Crippen molar-refractivity contribution in [3.63, 3.8) is 0 Å². The Morgan fingerprint density at radius 2 is 2.00 bits per heavy atom. The lowest BCUT2D eigenvalue weighted by atomic mass is 9.74. The van der Waals surface area contributed by atoms with Crippen molar-refractivity contribution < 1.29 is 9.59 Å². The molecule has 1 fully saturated rings. The predicted octanol–water partition coefficient (Wildman–Crippen LogP) is 2.62. The summed E-state index contributed by atoms with van der Waals surface area (Å²) in [4.78, 5) is 24.2. The first-order valence-electron chi connectivity index (χ1n) is 8.00. The number of benzene rings is 1. The number of hydrogen-bond acceptors (Lipinski definition) is 3. The Labute approximate surface area is 157 Å². The third-order valence-electron chi connectivity index (χ3n) is 4.37. The molecule has 0 aliphatic heterocycles. The summed E-state index contributed by atoms with van der Waals surface area (Å²) in [6.07, 6.45) is 3.85. The van der Waals surface area contributed by atoms with Gasteiger partial charge in [0.15, 0.2) is 0 Å². The zero-order chi connectivity index (χ0) is 16.9. The van der Waals surface area contributed by atoms with Crippen LogP contribution in [0.2, 0.25) is 0 Å². The molecule has 5 nitrogen and oxygen atoms in total. The molecule has 134 valence electrons. The molecule has 0 radical (unpaired) electrons. The molecule has 0 spiro atoms. The number of carbonyl (C=O) groups excluding carboxylic acids is 2. The highest BCUT2D eigenvalue weighted by atomic mass is 79.9. The standard InChI is InChI=1S/C17H24BrN3O2.ClH/c1-17(19)8-3-2-7-14(17)16(23)21-10-9-20-15(22)12-5-4-6-13(18)11-12;/h4-6,11,14H,2-3,7-10,19H2,1H3,(H,20,22)(H,21,23);1H. The molecule has 1 aromatic rings. The molecule has 1 aliphatic rings. The van der Waals surface area contributed by atoms with Crippen molar-refractivity contribution in [1.29, 1.82) is 0 Å². The average molecular weight is 419 g/mol. The quantitative estimate of drug-likeness (QED) is 0.643. The Morgan fingerprint density at radius 3 is 2.67 bits per heavy atom. The highest BCUT2D eigenvalue weighted by Crippen LogP contribution is 2.31. The second kappa shape index (κ2) is 9.39. The monoisotopic (exact) mass is 417 g/mol. The minimum absolute atomic E-state index is 0. The SMILES string of the molecule is CC1(N)CCCCC1C(=O)NCCNC(=O)c1cccc(Br)c1.Cl.